The average molecular weight is 266 g/mol. The van der Waals surface area contributed by atoms with E-state index in [1.54, 1.807) is 11.1 Å². The Hall–Kier alpha value is -1.30. The molecule has 0 nitrogen and oxygen atoms in total. The fourth-order valence-corrected chi connectivity index (χ4v) is 3.80. The van der Waals surface area contributed by atoms with E-state index in [1.807, 2.05) is 0 Å². The first-order valence-electron chi connectivity index (χ1n) is 8.40. The van der Waals surface area contributed by atoms with Gasteiger partial charge in [-0.15, -0.1) is 0 Å². The van der Waals surface area contributed by atoms with Crippen LogP contribution in [0.5, 0.6) is 0 Å². The van der Waals surface area contributed by atoms with Crippen molar-refractivity contribution in [2.75, 3.05) is 0 Å². The molecule has 106 valence electrons. The maximum absolute atomic E-state index is 2.40. The van der Waals surface area contributed by atoms with Crippen molar-refractivity contribution in [1.82, 2.24) is 0 Å². The Balaban J connectivity index is 2.07. The molecule has 0 heterocycles. The van der Waals surface area contributed by atoms with Crippen LogP contribution in [-0.2, 0) is 6.42 Å². The highest BCUT2D eigenvalue weighted by atomic mass is 14.2. The summed E-state index contributed by atoms with van der Waals surface area (Å²) in [6.07, 6.45) is 10.9. The molecule has 0 atom stereocenters. The lowest BCUT2D eigenvalue weighted by atomic mass is 9.79. The second kappa shape index (κ2) is 6.43. The third-order valence-corrected chi connectivity index (χ3v) is 4.87. The van der Waals surface area contributed by atoms with Gasteiger partial charge in [0.15, 0.2) is 0 Å². The Morgan fingerprint density at radius 2 is 1.75 bits per heavy atom. The average Bonchev–Trinajstić information content (AvgIpc) is 2.53. The SMILES string of the molecule is CCCCc1ccc2ccccc2c1C1CCCCC1. The molecule has 0 N–H and O–H groups in total. The number of hydrogen-bond acceptors (Lipinski definition) is 0. The quantitative estimate of drug-likeness (QED) is 0.615. The number of benzene rings is 2. The normalized spacial score (nSPS) is 16.6. The minimum absolute atomic E-state index is 0.807. The van der Waals surface area contributed by atoms with Crippen LogP contribution in [0.3, 0.4) is 0 Å². The minimum Gasteiger partial charge on any atom is -0.0654 e. The second-order valence-electron chi connectivity index (χ2n) is 6.30. The molecule has 20 heavy (non-hydrogen) atoms. The summed E-state index contributed by atoms with van der Waals surface area (Å²) in [5.41, 5.74) is 3.31. The summed E-state index contributed by atoms with van der Waals surface area (Å²) in [5, 5.41) is 2.95. The highest BCUT2D eigenvalue weighted by Gasteiger charge is 2.20. The van der Waals surface area contributed by atoms with Crippen molar-refractivity contribution in [2.24, 2.45) is 0 Å². The van der Waals surface area contributed by atoms with Gasteiger partial charge in [0.25, 0.3) is 0 Å². The molecule has 1 aliphatic rings. The Kier molecular flexibility index (Phi) is 4.40. The number of unbranched alkanes of at least 4 members (excludes halogenated alkanes) is 1. The maximum Gasteiger partial charge on any atom is -0.0146 e. The molecular weight excluding hydrogens is 240 g/mol. The summed E-state index contributed by atoms with van der Waals surface area (Å²) < 4.78 is 0. The highest BCUT2D eigenvalue weighted by Crippen LogP contribution is 2.38. The van der Waals surface area contributed by atoms with E-state index in [-0.39, 0.29) is 0 Å². The molecular formula is C20H26. The van der Waals surface area contributed by atoms with Crippen LogP contribution in [0.15, 0.2) is 36.4 Å². The number of rotatable bonds is 4. The number of aryl methyl sites for hydroxylation is 1. The summed E-state index contributed by atoms with van der Waals surface area (Å²) in [6, 6.07) is 13.7. The fraction of sp³-hybridized carbons (Fsp3) is 0.500. The van der Waals surface area contributed by atoms with E-state index in [0.717, 1.165) is 5.92 Å². The minimum atomic E-state index is 0.807. The summed E-state index contributed by atoms with van der Waals surface area (Å²) in [6.45, 7) is 2.29. The van der Waals surface area contributed by atoms with Crippen molar-refractivity contribution in [3.8, 4) is 0 Å². The molecule has 2 aromatic carbocycles. The third kappa shape index (κ3) is 2.75. The van der Waals surface area contributed by atoms with Gasteiger partial charge in [-0.1, -0.05) is 69.0 Å². The van der Waals surface area contributed by atoms with E-state index >= 15 is 0 Å². The van der Waals surface area contributed by atoms with Crippen molar-refractivity contribution in [1.29, 1.82) is 0 Å². The van der Waals surface area contributed by atoms with Gasteiger partial charge < -0.3 is 0 Å². The maximum atomic E-state index is 2.40. The molecule has 3 rings (SSSR count). The van der Waals surface area contributed by atoms with Crippen LogP contribution in [-0.4, -0.2) is 0 Å². The molecule has 0 aromatic heterocycles. The van der Waals surface area contributed by atoms with Crippen LogP contribution in [0.2, 0.25) is 0 Å². The molecule has 1 fully saturated rings. The van der Waals surface area contributed by atoms with Crippen molar-refractivity contribution in [2.45, 2.75) is 64.2 Å². The van der Waals surface area contributed by atoms with Gasteiger partial charge in [-0.05, 0) is 53.5 Å². The molecule has 0 radical (unpaired) electrons. The fourth-order valence-electron chi connectivity index (χ4n) is 3.80. The summed E-state index contributed by atoms with van der Waals surface area (Å²) >= 11 is 0. The predicted octanol–water partition coefficient (Wildman–Crippen LogP) is 6.23. The van der Waals surface area contributed by atoms with Gasteiger partial charge in [0, 0.05) is 0 Å². The van der Waals surface area contributed by atoms with Crippen LogP contribution in [0.25, 0.3) is 10.8 Å². The standard InChI is InChI=1S/C20H26/c1-2-3-9-18-15-14-16-10-7-8-13-19(16)20(18)17-11-5-4-6-12-17/h7-8,10,13-15,17H,2-6,9,11-12H2,1H3. The molecule has 2 aromatic rings. The largest absolute Gasteiger partial charge is 0.0654 e. The van der Waals surface area contributed by atoms with Gasteiger partial charge >= 0.3 is 0 Å². The smallest absolute Gasteiger partial charge is 0.0146 e. The first-order valence-corrected chi connectivity index (χ1v) is 8.40. The zero-order chi connectivity index (χ0) is 13.8. The van der Waals surface area contributed by atoms with Gasteiger partial charge in [0.2, 0.25) is 0 Å². The molecule has 0 aliphatic heterocycles. The number of hydrogen-bond donors (Lipinski definition) is 0. The van der Waals surface area contributed by atoms with Crippen LogP contribution < -0.4 is 0 Å². The monoisotopic (exact) mass is 266 g/mol. The zero-order valence-electron chi connectivity index (χ0n) is 12.7. The molecule has 0 unspecified atom stereocenters. The van der Waals surface area contributed by atoms with Gasteiger partial charge in [0.05, 0.1) is 0 Å². The van der Waals surface area contributed by atoms with Crippen LogP contribution in [0.4, 0.5) is 0 Å². The molecule has 1 aliphatic carbocycles. The lowest BCUT2D eigenvalue weighted by molar-refractivity contribution is 0.443. The van der Waals surface area contributed by atoms with Gasteiger partial charge in [-0.25, -0.2) is 0 Å². The molecule has 0 saturated heterocycles. The molecule has 1 saturated carbocycles. The zero-order valence-corrected chi connectivity index (χ0v) is 12.7. The van der Waals surface area contributed by atoms with Crippen molar-refractivity contribution in [3.63, 3.8) is 0 Å². The Morgan fingerprint density at radius 3 is 2.55 bits per heavy atom. The van der Waals surface area contributed by atoms with E-state index in [9.17, 15) is 0 Å². The van der Waals surface area contributed by atoms with Gasteiger partial charge in [0.1, 0.15) is 0 Å². The molecule has 0 bridgehead atoms. The lowest BCUT2D eigenvalue weighted by Crippen LogP contribution is -2.08. The first kappa shape index (κ1) is 13.7. The topological polar surface area (TPSA) is 0 Å². The lowest BCUT2D eigenvalue weighted by Gasteiger charge is -2.26. The van der Waals surface area contributed by atoms with E-state index in [4.69, 9.17) is 0 Å². The summed E-state index contributed by atoms with van der Waals surface area (Å²) in [5.74, 6) is 0.807. The molecule has 0 heteroatoms. The van der Waals surface area contributed by atoms with Gasteiger partial charge in [-0.2, -0.15) is 0 Å². The Bertz CT molecular complexity index is 561. The number of fused-ring (bicyclic) bond motifs is 1. The summed E-state index contributed by atoms with van der Waals surface area (Å²) in [4.78, 5) is 0. The predicted molar refractivity (Wildman–Crippen MR) is 88.4 cm³/mol. The van der Waals surface area contributed by atoms with Crippen molar-refractivity contribution < 1.29 is 0 Å². The Labute approximate surface area is 123 Å². The molecule has 0 amide bonds. The van der Waals surface area contributed by atoms with Crippen molar-refractivity contribution in [3.05, 3.63) is 47.5 Å². The van der Waals surface area contributed by atoms with Crippen molar-refractivity contribution >= 4 is 10.8 Å². The first-order chi connectivity index (χ1) is 9.90. The van der Waals surface area contributed by atoms with Crippen LogP contribution >= 0.6 is 0 Å². The van der Waals surface area contributed by atoms with Crippen LogP contribution in [0, 0.1) is 0 Å². The Morgan fingerprint density at radius 1 is 0.950 bits per heavy atom. The van der Waals surface area contributed by atoms with Crippen LogP contribution in [0.1, 0.15) is 68.9 Å². The highest BCUT2D eigenvalue weighted by molar-refractivity contribution is 5.87. The van der Waals surface area contributed by atoms with E-state index in [1.165, 1.54) is 62.1 Å². The summed E-state index contributed by atoms with van der Waals surface area (Å²) in [7, 11) is 0. The van der Waals surface area contributed by atoms with E-state index in [2.05, 4.69) is 43.3 Å². The van der Waals surface area contributed by atoms with E-state index < -0.39 is 0 Å². The van der Waals surface area contributed by atoms with E-state index in [0.29, 0.717) is 0 Å². The molecule has 0 spiro atoms. The second-order valence-corrected chi connectivity index (χ2v) is 6.30. The van der Waals surface area contributed by atoms with Gasteiger partial charge in [-0.3, -0.25) is 0 Å². The third-order valence-electron chi connectivity index (χ3n) is 4.87.